The average Bonchev–Trinajstić information content (AvgIpc) is 2.74. The van der Waals surface area contributed by atoms with Gasteiger partial charge in [0.15, 0.2) is 5.11 Å². The minimum Gasteiger partial charge on any atom is -0.376 e. The number of benzene rings is 2. The van der Waals surface area contributed by atoms with E-state index in [9.17, 15) is 13.2 Å². The Balaban J connectivity index is 2.19. The highest BCUT2D eigenvalue weighted by atomic mass is 32.1. The lowest BCUT2D eigenvalue weighted by Crippen LogP contribution is -2.18. The summed E-state index contributed by atoms with van der Waals surface area (Å²) in [6.45, 7) is 0. The number of halogens is 3. The number of fused-ring (bicyclic) bond motifs is 3. The summed E-state index contributed by atoms with van der Waals surface area (Å²) in [7, 11) is 0. The Morgan fingerprint density at radius 3 is 2.48 bits per heavy atom. The number of nitrogens with one attached hydrogen (secondary N) is 2. The van der Waals surface area contributed by atoms with E-state index in [1.807, 2.05) is 0 Å². The highest BCUT2D eigenvalue weighted by Gasteiger charge is 2.30. The van der Waals surface area contributed by atoms with E-state index in [2.05, 4.69) is 10.3 Å². The first-order valence-corrected chi connectivity index (χ1v) is 6.44. The van der Waals surface area contributed by atoms with Gasteiger partial charge in [-0.25, -0.2) is 0 Å². The lowest BCUT2D eigenvalue weighted by Gasteiger charge is -2.06. The van der Waals surface area contributed by atoms with Gasteiger partial charge in [0.05, 0.1) is 5.56 Å². The quantitative estimate of drug-likeness (QED) is 0.596. The molecule has 0 aliphatic carbocycles. The van der Waals surface area contributed by atoms with Crippen LogP contribution in [0.2, 0.25) is 0 Å². The molecule has 0 amide bonds. The molecule has 0 spiro atoms. The molecule has 0 radical (unpaired) electrons. The summed E-state index contributed by atoms with van der Waals surface area (Å²) >= 11 is 4.77. The van der Waals surface area contributed by atoms with Crippen LogP contribution in [0.5, 0.6) is 0 Å². The number of aromatic amines is 1. The Labute approximate surface area is 122 Å². The highest BCUT2D eigenvalue weighted by Crippen LogP contribution is 2.34. The van der Waals surface area contributed by atoms with E-state index in [0.29, 0.717) is 16.6 Å². The van der Waals surface area contributed by atoms with Crippen LogP contribution in [0, 0.1) is 0 Å². The molecule has 0 atom stereocenters. The van der Waals surface area contributed by atoms with Gasteiger partial charge >= 0.3 is 6.18 Å². The molecular weight excluding hydrogens is 299 g/mol. The first-order chi connectivity index (χ1) is 9.84. The van der Waals surface area contributed by atoms with Gasteiger partial charge in [0.1, 0.15) is 0 Å². The molecule has 3 nitrogen and oxygen atoms in total. The van der Waals surface area contributed by atoms with Gasteiger partial charge in [-0.1, -0.05) is 6.07 Å². The van der Waals surface area contributed by atoms with Crippen molar-refractivity contribution in [2.45, 2.75) is 6.18 Å². The van der Waals surface area contributed by atoms with E-state index < -0.39 is 11.7 Å². The highest BCUT2D eigenvalue weighted by molar-refractivity contribution is 7.80. The minimum atomic E-state index is -4.36. The Hall–Kier alpha value is -2.28. The molecule has 0 bridgehead atoms. The number of anilines is 1. The zero-order valence-corrected chi connectivity index (χ0v) is 11.4. The second-order valence-corrected chi connectivity index (χ2v) is 5.07. The van der Waals surface area contributed by atoms with Crippen LogP contribution in [0.15, 0.2) is 36.4 Å². The second-order valence-electron chi connectivity index (χ2n) is 4.63. The van der Waals surface area contributed by atoms with Crippen LogP contribution in [0.4, 0.5) is 18.9 Å². The van der Waals surface area contributed by atoms with Crippen molar-refractivity contribution in [3.63, 3.8) is 0 Å². The number of aromatic nitrogens is 1. The van der Waals surface area contributed by atoms with Gasteiger partial charge in [0.2, 0.25) is 0 Å². The molecule has 21 heavy (non-hydrogen) atoms. The van der Waals surface area contributed by atoms with E-state index in [0.717, 1.165) is 23.0 Å². The molecule has 1 aromatic heterocycles. The zero-order valence-electron chi connectivity index (χ0n) is 10.6. The maximum Gasteiger partial charge on any atom is 0.416 e. The zero-order chi connectivity index (χ0) is 15.2. The van der Waals surface area contributed by atoms with E-state index >= 15 is 0 Å². The predicted molar refractivity (Wildman–Crippen MR) is 81.2 cm³/mol. The van der Waals surface area contributed by atoms with E-state index in [-0.39, 0.29) is 5.11 Å². The van der Waals surface area contributed by atoms with Crippen LogP contribution in [-0.4, -0.2) is 10.1 Å². The number of H-pyrrole nitrogens is 1. The van der Waals surface area contributed by atoms with Gasteiger partial charge in [0, 0.05) is 27.5 Å². The third kappa shape index (κ3) is 2.52. The summed E-state index contributed by atoms with van der Waals surface area (Å²) < 4.78 is 38.2. The van der Waals surface area contributed by atoms with E-state index in [1.54, 1.807) is 18.2 Å². The molecular formula is C14H10F3N3S. The fourth-order valence-electron chi connectivity index (χ4n) is 2.30. The van der Waals surface area contributed by atoms with E-state index in [1.165, 1.54) is 6.07 Å². The molecule has 3 aromatic rings. The normalized spacial score (nSPS) is 12.0. The third-order valence-corrected chi connectivity index (χ3v) is 3.30. The monoisotopic (exact) mass is 309 g/mol. The second kappa shape index (κ2) is 4.63. The molecule has 0 aliphatic rings. The molecule has 0 saturated carbocycles. The summed E-state index contributed by atoms with van der Waals surface area (Å²) in [6.07, 6.45) is -4.36. The summed E-state index contributed by atoms with van der Waals surface area (Å²) in [4.78, 5) is 2.98. The van der Waals surface area contributed by atoms with Crippen LogP contribution in [-0.2, 0) is 6.18 Å². The van der Waals surface area contributed by atoms with Gasteiger partial charge in [0.25, 0.3) is 0 Å². The number of rotatable bonds is 1. The lowest BCUT2D eigenvalue weighted by molar-refractivity contribution is -0.137. The Morgan fingerprint density at radius 2 is 1.81 bits per heavy atom. The molecule has 108 valence electrons. The fourth-order valence-corrected chi connectivity index (χ4v) is 2.42. The molecule has 7 heteroatoms. The van der Waals surface area contributed by atoms with Gasteiger partial charge in [-0.3, -0.25) is 0 Å². The first-order valence-electron chi connectivity index (χ1n) is 6.04. The maximum absolute atomic E-state index is 12.7. The smallest absolute Gasteiger partial charge is 0.376 e. The van der Waals surface area contributed by atoms with Crippen molar-refractivity contribution in [1.82, 2.24) is 4.98 Å². The molecule has 0 unspecified atom stereocenters. The Bertz CT molecular complexity index is 852. The molecule has 1 heterocycles. The van der Waals surface area contributed by atoms with Crippen molar-refractivity contribution in [2.24, 2.45) is 5.73 Å². The lowest BCUT2D eigenvalue weighted by atomic mass is 10.1. The number of nitrogens with two attached hydrogens (primary N) is 1. The van der Waals surface area contributed by atoms with Crippen molar-refractivity contribution in [3.05, 3.63) is 42.0 Å². The Kier molecular flexibility index (Phi) is 3.02. The number of hydrogen-bond donors (Lipinski definition) is 3. The molecule has 4 N–H and O–H groups in total. The third-order valence-electron chi connectivity index (χ3n) is 3.19. The topological polar surface area (TPSA) is 53.8 Å². The molecule has 2 aromatic carbocycles. The largest absolute Gasteiger partial charge is 0.416 e. The molecule has 0 aliphatic heterocycles. The minimum absolute atomic E-state index is 0.133. The van der Waals surface area contributed by atoms with Crippen molar-refractivity contribution in [1.29, 1.82) is 0 Å². The van der Waals surface area contributed by atoms with E-state index in [4.69, 9.17) is 18.0 Å². The standard InChI is InChI=1S/C14H10F3N3S/c15-14(16,17)7-1-3-9-10-6-8(19-13(18)21)2-4-11(10)20-12(9)5-7/h1-6,20H,(H3,18,19,21). The summed E-state index contributed by atoms with van der Waals surface area (Å²) in [6, 6.07) is 8.95. The number of hydrogen-bond acceptors (Lipinski definition) is 1. The van der Waals surface area contributed by atoms with Gasteiger partial charge in [-0.05, 0) is 42.5 Å². The van der Waals surface area contributed by atoms with Crippen LogP contribution in [0.25, 0.3) is 21.8 Å². The molecule has 0 fully saturated rings. The fraction of sp³-hybridized carbons (Fsp3) is 0.0714. The van der Waals surface area contributed by atoms with Gasteiger partial charge < -0.3 is 16.0 Å². The molecule has 3 rings (SSSR count). The van der Waals surface area contributed by atoms with Crippen LogP contribution in [0.3, 0.4) is 0 Å². The van der Waals surface area contributed by atoms with Crippen LogP contribution < -0.4 is 11.1 Å². The van der Waals surface area contributed by atoms with Crippen LogP contribution >= 0.6 is 12.2 Å². The summed E-state index contributed by atoms with van der Waals surface area (Å²) in [5.74, 6) is 0. The Morgan fingerprint density at radius 1 is 1.05 bits per heavy atom. The van der Waals surface area contributed by atoms with Gasteiger partial charge in [-0.2, -0.15) is 13.2 Å². The molecule has 0 saturated heterocycles. The first kappa shape index (κ1) is 13.7. The maximum atomic E-state index is 12.7. The summed E-state index contributed by atoms with van der Waals surface area (Å²) in [5, 5.41) is 4.45. The number of thiocarbonyl (C=S) groups is 1. The average molecular weight is 309 g/mol. The number of alkyl halides is 3. The van der Waals surface area contributed by atoms with Crippen molar-refractivity contribution >= 4 is 44.8 Å². The van der Waals surface area contributed by atoms with Gasteiger partial charge in [-0.15, -0.1) is 0 Å². The van der Waals surface area contributed by atoms with Crippen LogP contribution in [0.1, 0.15) is 5.56 Å². The predicted octanol–water partition coefficient (Wildman–Crippen LogP) is 4.00. The summed E-state index contributed by atoms with van der Waals surface area (Å²) in [5.41, 5.74) is 6.61. The van der Waals surface area contributed by atoms with Crippen molar-refractivity contribution in [2.75, 3.05) is 5.32 Å². The van der Waals surface area contributed by atoms with Crippen molar-refractivity contribution < 1.29 is 13.2 Å². The SMILES string of the molecule is NC(=S)Nc1ccc2[nH]c3cc(C(F)(F)F)ccc3c2c1. The van der Waals surface area contributed by atoms with Crippen molar-refractivity contribution in [3.8, 4) is 0 Å².